The van der Waals surface area contributed by atoms with Crippen molar-refractivity contribution in [2.75, 3.05) is 19.7 Å². The minimum absolute atomic E-state index is 0.0542. The molecule has 156 valence electrons. The van der Waals surface area contributed by atoms with Gasteiger partial charge in [0, 0.05) is 18.7 Å². The predicted molar refractivity (Wildman–Crippen MR) is 95.7 cm³/mol. The summed E-state index contributed by atoms with van der Waals surface area (Å²) in [7, 11) is 0. The maximum atomic E-state index is 13.6. The molecule has 1 amide bonds. The lowest BCUT2D eigenvalue weighted by atomic mass is 10.1. The van der Waals surface area contributed by atoms with Crippen molar-refractivity contribution in [3.05, 3.63) is 47.3 Å². The van der Waals surface area contributed by atoms with Crippen LogP contribution in [0.25, 0.3) is 5.69 Å². The van der Waals surface area contributed by atoms with Crippen LogP contribution < -0.4 is 0 Å². The molecule has 0 unspecified atom stereocenters. The molecule has 3 rings (SSSR count). The molecule has 1 fully saturated rings. The second-order valence-corrected chi connectivity index (χ2v) is 6.61. The maximum absolute atomic E-state index is 13.6. The van der Waals surface area contributed by atoms with E-state index in [-0.39, 0.29) is 18.2 Å². The van der Waals surface area contributed by atoms with Gasteiger partial charge >= 0.3 is 12.1 Å². The highest BCUT2D eigenvalue weighted by molar-refractivity contribution is 5.94. The van der Waals surface area contributed by atoms with Gasteiger partial charge in [0.1, 0.15) is 5.56 Å². The van der Waals surface area contributed by atoms with E-state index in [9.17, 15) is 27.9 Å². The fourth-order valence-corrected chi connectivity index (χ4v) is 3.17. The monoisotopic (exact) mass is 411 g/mol. The van der Waals surface area contributed by atoms with Gasteiger partial charge in [-0.3, -0.25) is 4.79 Å². The summed E-state index contributed by atoms with van der Waals surface area (Å²) in [5.74, 6) is -1.36. The summed E-state index contributed by atoms with van der Waals surface area (Å²) in [6.45, 7) is 2.27. The number of amides is 1. The summed E-state index contributed by atoms with van der Waals surface area (Å²) in [5, 5.41) is 13.2. The lowest BCUT2D eigenvalue weighted by Gasteiger charge is -2.29. The van der Waals surface area contributed by atoms with Crippen LogP contribution in [0, 0.1) is 0 Å². The smallest absolute Gasteiger partial charge is 0.434 e. The number of alkyl halides is 3. The molecule has 0 aliphatic carbocycles. The SMILES string of the molecule is CCOC(=O)c1cnn(-c2ccc(C(=O)N3CCC(O)CC3)cc2)c1C(F)(F)F. The first-order valence-electron chi connectivity index (χ1n) is 9.12. The normalized spacial score (nSPS) is 15.4. The van der Waals surface area contributed by atoms with E-state index in [2.05, 4.69) is 9.84 Å². The van der Waals surface area contributed by atoms with Crippen LogP contribution >= 0.6 is 0 Å². The topological polar surface area (TPSA) is 84.7 Å². The lowest BCUT2D eigenvalue weighted by Crippen LogP contribution is -2.40. The molecule has 7 nitrogen and oxygen atoms in total. The average molecular weight is 411 g/mol. The molecule has 1 aliphatic heterocycles. The number of aromatic nitrogens is 2. The number of nitrogens with zero attached hydrogens (tertiary/aromatic N) is 3. The summed E-state index contributed by atoms with van der Waals surface area (Å²) < 4.78 is 46.0. The van der Waals surface area contributed by atoms with Crippen LogP contribution in [0.3, 0.4) is 0 Å². The highest BCUT2D eigenvalue weighted by Crippen LogP contribution is 2.34. The molecular weight excluding hydrogens is 391 g/mol. The van der Waals surface area contributed by atoms with Crippen LogP contribution in [0.2, 0.25) is 0 Å². The molecule has 0 spiro atoms. The maximum Gasteiger partial charge on any atom is 0.434 e. The average Bonchev–Trinajstić information content (AvgIpc) is 3.14. The second kappa shape index (κ2) is 8.24. The number of hydrogen-bond donors (Lipinski definition) is 1. The van der Waals surface area contributed by atoms with Gasteiger partial charge in [0.2, 0.25) is 0 Å². The molecule has 0 saturated carbocycles. The number of esters is 1. The molecule has 0 radical (unpaired) electrons. The molecule has 29 heavy (non-hydrogen) atoms. The number of ether oxygens (including phenoxy) is 1. The highest BCUT2D eigenvalue weighted by atomic mass is 19.4. The summed E-state index contributed by atoms with van der Waals surface area (Å²) in [5.41, 5.74) is -1.54. The van der Waals surface area contributed by atoms with Gasteiger partial charge in [-0.25, -0.2) is 9.48 Å². The molecule has 1 aromatic carbocycles. The van der Waals surface area contributed by atoms with Crippen molar-refractivity contribution < 1.29 is 32.6 Å². The van der Waals surface area contributed by atoms with Crippen molar-refractivity contribution in [2.24, 2.45) is 0 Å². The number of piperidine rings is 1. The third kappa shape index (κ3) is 4.42. The zero-order chi connectivity index (χ0) is 21.2. The molecule has 1 saturated heterocycles. The van der Waals surface area contributed by atoms with E-state index in [0.717, 1.165) is 6.20 Å². The van der Waals surface area contributed by atoms with Gasteiger partial charge in [-0.1, -0.05) is 0 Å². The summed E-state index contributed by atoms with van der Waals surface area (Å²) >= 11 is 0. The summed E-state index contributed by atoms with van der Waals surface area (Å²) in [6, 6.07) is 5.50. The van der Waals surface area contributed by atoms with E-state index in [4.69, 9.17) is 0 Å². The molecular formula is C19H20F3N3O4. The summed E-state index contributed by atoms with van der Waals surface area (Å²) in [4.78, 5) is 26.0. The number of aliphatic hydroxyl groups excluding tert-OH is 1. The van der Waals surface area contributed by atoms with Crippen molar-refractivity contribution in [1.29, 1.82) is 0 Å². The number of carbonyl (C=O) groups is 2. The van der Waals surface area contributed by atoms with Gasteiger partial charge in [-0.15, -0.1) is 0 Å². The number of carbonyl (C=O) groups excluding carboxylic acids is 2. The molecule has 2 aromatic rings. The van der Waals surface area contributed by atoms with Gasteiger partial charge in [0.25, 0.3) is 5.91 Å². The van der Waals surface area contributed by atoms with E-state index in [0.29, 0.717) is 36.2 Å². The van der Waals surface area contributed by atoms with E-state index < -0.39 is 29.5 Å². The lowest BCUT2D eigenvalue weighted by molar-refractivity contribution is -0.143. The van der Waals surface area contributed by atoms with Gasteiger partial charge in [-0.2, -0.15) is 18.3 Å². The number of likely N-dealkylation sites (tertiary alicyclic amines) is 1. The number of aliphatic hydroxyl groups is 1. The Morgan fingerprint density at radius 3 is 2.38 bits per heavy atom. The van der Waals surface area contributed by atoms with Crippen molar-refractivity contribution in [1.82, 2.24) is 14.7 Å². The highest BCUT2D eigenvalue weighted by Gasteiger charge is 2.41. The van der Waals surface area contributed by atoms with Crippen molar-refractivity contribution in [3.63, 3.8) is 0 Å². The third-order valence-corrected chi connectivity index (χ3v) is 4.64. The van der Waals surface area contributed by atoms with Gasteiger partial charge in [-0.05, 0) is 44.0 Å². The van der Waals surface area contributed by atoms with Crippen LogP contribution in [0.1, 0.15) is 46.2 Å². The molecule has 1 aromatic heterocycles. The first-order valence-corrected chi connectivity index (χ1v) is 9.12. The van der Waals surface area contributed by atoms with E-state index in [1.807, 2.05) is 0 Å². The van der Waals surface area contributed by atoms with Crippen LogP contribution in [0.15, 0.2) is 30.5 Å². The largest absolute Gasteiger partial charge is 0.462 e. The number of rotatable bonds is 4. The van der Waals surface area contributed by atoms with E-state index in [1.165, 1.54) is 31.2 Å². The minimum Gasteiger partial charge on any atom is -0.462 e. The Balaban J connectivity index is 1.88. The van der Waals surface area contributed by atoms with Crippen LogP contribution in [-0.2, 0) is 10.9 Å². The van der Waals surface area contributed by atoms with E-state index >= 15 is 0 Å². The van der Waals surface area contributed by atoms with Crippen LogP contribution in [-0.4, -0.2) is 57.5 Å². The number of hydrogen-bond acceptors (Lipinski definition) is 5. The predicted octanol–water partition coefficient (Wildman–Crippen LogP) is 2.66. The van der Waals surface area contributed by atoms with Gasteiger partial charge in [0.05, 0.1) is 24.6 Å². The second-order valence-electron chi connectivity index (χ2n) is 6.61. The van der Waals surface area contributed by atoms with E-state index in [1.54, 1.807) is 4.90 Å². The Bertz CT molecular complexity index is 885. The van der Waals surface area contributed by atoms with Gasteiger partial charge < -0.3 is 14.7 Å². The zero-order valence-electron chi connectivity index (χ0n) is 15.6. The number of halogens is 3. The van der Waals surface area contributed by atoms with Crippen LogP contribution in [0.4, 0.5) is 13.2 Å². The van der Waals surface area contributed by atoms with Crippen molar-refractivity contribution in [3.8, 4) is 5.69 Å². The third-order valence-electron chi connectivity index (χ3n) is 4.64. The fraction of sp³-hybridized carbons (Fsp3) is 0.421. The first kappa shape index (κ1) is 20.8. The Kier molecular flexibility index (Phi) is 5.92. The molecule has 1 aliphatic rings. The number of benzene rings is 1. The Labute approximate surface area is 164 Å². The molecule has 10 heteroatoms. The molecule has 0 atom stereocenters. The minimum atomic E-state index is -4.83. The standard InChI is InChI=1S/C19H20F3N3O4/c1-2-29-18(28)15-11-23-25(16(15)19(20,21)22)13-5-3-12(4-6-13)17(27)24-9-7-14(26)8-10-24/h3-6,11,14,26H,2,7-10H2,1H3. The van der Waals surface area contributed by atoms with Crippen molar-refractivity contribution >= 4 is 11.9 Å². The Morgan fingerprint density at radius 2 is 1.83 bits per heavy atom. The Morgan fingerprint density at radius 1 is 1.21 bits per heavy atom. The van der Waals surface area contributed by atoms with Crippen molar-refractivity contribution in [2.45, 2.75) is 32.0 Å². The molecule has 2 heterocycles. The quantitative estimate of drug-likeness (QED) is 0.782. The first-order chi connectivity index (χ1) is 13.7. The summed E-state index contributed by atoms with van der Waals surface area (Å²) in [6.07, 6.45) is -3.46. The van der Waals surface area contributed by atoms with Crippen LogP contribution in [0.5, 0.6) is 0 Å². The van der Waals surface area contributed by atoms with Gasteiger partial charge in [0.15, 0.2) is 5.69 Å². The molecule has 1 N–H and O–H groups in total. The Hall–Kier alpha value is -2.88. The molecule has 0 bridgehead atoms. The fourth-order valence-electron chi connectivity index (χ4n) is 3.17. The zero-order valence-corrected chi connectivity index (χ0v) is 15.6.